The normalized spacial score (nSPS) is 14.9. The molecule has 3 aromatic rings. The van der Waals surface area contributed by atoms with Crippen molar-refractivity contribution in [2.24, 2.45) is 0 Å². The van der Waals surface area contributed by atoms with Gasteiger partial charge in [-0.05, 0) is 17.7 Å². The topological polar surface area (TPSA) is 37.3 Å². The van der Waals surface area contributed by atoms with Crippen molar-refractivity contribution in [1.29, 1.82) is 0 Å². The van der Waals surface area contributed by atoms with Crippen LogP contribution in [0.1, 0.15) is 16.1 Å². The second-order valence-electron chi connectivity index (χ2n) is 6.20. The monoisotopic (exact) mass is 319 g/mol. The van der Waals surface area contributed by atoms with Gasteiger partial charge < -0.3 is 14.8 Å². The number of nitrogens with zero attached hydrogens (tertiary/aromatic N) is 2. The van der Waals surface area contributed by atoms with Crippen molar-refractivity contribution in [3.8, 4) is 0 Å². The molecule has 2 heterocycles. The number of piperazine rings is 1. The molecule has 0 atom stereocenters. The van der Waals surface area contributed by atoms with Gasteiger partial charge in [-0.25, -0.2) is 0 Å². The minimum Gasteiger partial charge on any atom is -0.335 e. The Labute approximate surface area is 141 Å². The van der Waals surface area contributed by atoms with Gasteiger partial charge in [-0.2, -0.15) is 0 Å². The van der Waals surface area contributed by atoms with Crippen molar-refractivity contribution < 1.29 is 4.79 Å². The summed E-state index contributed by atoms with van der Waals surface area (Å²) in [6, 6.07) is 20.6. The molecule has 0 unspecified atom stereocenters. The molecule has 1 fully saturated rings. The Morgan fingerprint density at radius 2 is 1.67 bits per heavy atom. The number of para-hydroxylation sites is 1. The van der Waals surface area contributed by atoms with E-state index in [2.05, 4.69) is 34.1 Å². The quantitative estimate of drug-likeness (QED) is 0.806. The molecule has 0 bridgehead atoms. The zero-order chi connectivity index (χ0) is 16.4. The number of carbonyl (C=O) groups is 1. The summed E-state index contributed by atoms with van der Waals surface area (Å²) in [5.74, 6) is 0.128. The van der Waals surface area contributed by atoms with Crippen LogP contribution in [0.5, 0.6) is 0 Å². The van der Waals surface area contributed by atoms with Crippen LogP contribution in [-0.2, 0) is 6.54 Å². The largest absolute Gasteiger partial charge is 0.335 e. The summed E-state index contributed by atoms with van der Waals surface area (Å²) in [5.41, 5.74) is 3.09. The highest BCUT2D eigenvalue weighted by molar-refractivity contribution is 5.99. The van der Waals surface area contributed by atoms with E-state index < -0.39 is 0 Å². The molecule has 4 heteroatoms. The van der Waals surface area contributed by atoms with Crippen LogP contribution in [0.25, 0.3) is 10.9 Å². The Kier molecular flexibility index (Phi) is 4.05. The number of benzene rings is 2. The first-order valence-corrected chi connectivity index (χ1v) is 8.45. The summed E-state index contributed by atoms with van der Waals surface area (Å²) >= 11 is 0. The molecule has 1 amide bonds. The average Bonchev–Trinajstić information content (AvgIpc) is 3.01. The number of fused-ring (bicyclic) bond motifs is 1. The predicted molar refractivity (Wildman–Crippen MR) is 96.3 cm³/mol. The lowest BCUT2D eigenvalue weighted by atomic mass is 10.2. The maximum Gasteiger partial charge on any atom is 0.270 e. The summed E-state index contributed by atoms with van der Waals surface area (Å²) in [6.45, 7) is 3.98. The average molecular weight is 319 g/mol. The summed E-state index contributed by atoms with van der Waals surface area (Å²) in [4.78, 5) is 15.0. The molecule has 24 heavy (non-hydrogen) atoms. The van der Waals surface area contributed by atoms with Gasteiger partial charge in [0.15, 0.2) is 0 Å². The van der Waals surface area contributed by atoms with E-state index in [9.17, 15) is 4.79 Å². The lowest BCUT2D eigenvalue weighted by Gasteiger charge is -2.27. The van der Waals surface area contributed by atoms with Gasteiger partial charge in [0.2, 0.25) is 0 Å². The number of amides is 1. The van der Waals surface area contributed by atoms with Crippen LogP contribution >= 0.6 is 0 Å². The summed E-state index contributed by atoms with van der Waals surface area (Å²) in [6.07, 6.45) is 0. The highest BCUT2D eigenvalue weighted by Crippen LogP contribution is 2.22. The van der Waals surface area contributed by atoms with Gasteiger partial charge in [-0.1, -0.05) is 48.5 Å². The molecule has 1 aliphatic heterocycles. The molecule has 1 aromatic heterocycles. The minimum atomic E-state index is 0.128. The molecule has 0 aliphatic carbocycles. The number of carbonyl (C=O) groups excluding carboxylic acids is 1. The van der Waals surface area contributed by atoms with Gasteiger partial charge in [-0.15, -0.1) is 0 Å². The molecule has 122 valence electrons. The van der Waals surface area contributed by atoms with Crippen molar-refractivity contribution in [2.45, 2.75) is 6.54 Å². The molecular weight excluding hydrogens is 298 g/mol. The van der Waals surface area contributed by atoms with E-state index in [1.54, 1.807) is 0 Å². The Balaban J connectivity index is 1.76. The minimum absolute atomic E-state index is 0.128. The van der Waals surface area contributed by atoms with E-state index in [0.29, 0.717) is 6.54 Å². The van der Waals surface area contributed by atoms with Gasteiger partial charge >= 0.3 is 0 Å². The van der Waals surface area contributed by atoms with Crippen LogP contribution in [0, 0.1) is 0 Å². The van der Waals surface area contributed by atoms with E-state index in [0.717, 1.165) is 42.8 Å². The van der Waals surface area contributed by atoms with Crippen LogP contribution in [-0.4, -0.2) is 41.6 Å². The van der Waals surface area contributed by atoms with Crippen molar-refractivity contribution in [2.75, 3.05) is 26.2 Å². The summed E-state index contributed by atoms with van der Waals surface area (Å²) in [7, 11) is 0. The van der Waals surface area contributed by atoms with E-state index in [1.165, 1.54) is 5.56 Å². The zero-order valence-corrected chi connectivity index (χ0v) is 13.6. The first-order valence-electron chi connectivity index (χ1n) is 8.45. The van der Waals surface area contributed by atoms with Crippen LogP contribution in [0.4, 0.5) is 0 Å². The molecule has 0 spiro atoms. The molecular formula is C20H21N3O. The highest BCUT2D eigenvalue weighted by atomic mass is 16.2. The van der Waals surface area contributed by atoms with Gasteiger partial charge in [0, 0.05) is 43.6 Å². The fourth-order valence-corrected chi connectivity index (χ4v) is 3.35. The highest BCUT2D eigenvalue weighted by Gasteiger charge is 2.22. The fourth-order valence-electron chi connectivity index (χ4n) is 3.35. The number of nitrogens with one attached hydrogen (secondary N) is 1. The zero-order valence-electron chi connectivity index (χ0n) is 13.6. The Hall–Kier alpha value is -2.59. The maximum absolute atomic E-state index is 13.1. The summed E-state index contributed by atoms with van der Waals surface area (Å²) < 4.78 is 2.15. The number of rotatable bonds is 3. The van der Waals surface area contributed by atoms with Crippen LogP contribution in [0.15, 0.2) is 60.7 Å². The molecule has 1 aliphatic rings. The molecule has 2 aromatic carbocycles. The van der Waals surface area contributed by atoms with Crippen molar-refractivity contribution in [1.82, 2.24) is 14.8 Å². The van der Waals surface area contributed by atoms with Crippen LogP contribution in [0.3, 0.4) is 0 Å². The van der Waals surface area contributed by atoms with E-state index in [1.807, 2.05) is 41.3 Å². The second kappa shape index (κ2) is 6.49. The summed E-state index contributed by atoms with van der Waals surface area (Å²) in [5, 5.41) is 4.42. The van der Waals surface area contributed by atoms with Crippen molar-refractivity contribution >= 4 is 16.8 Å². The standard InChI is InChI=1S/C20H21N3O/c24-20(22-12-10-21-11-13-22)19-14-17-8-4-5-9-18(17)23(19)15-16-6-2-1-3-7-16/h1-9,14,21H,10-13,15H2. The number of hydrogen-bond acceptors (Lipinski definition) is 2. The third-order valence-electron chi connectivity index (χ3n) is 4.62. The molecule has 4 rings (SSSR count). The van der Waals surface area contributed by atoms with Crippen molar-refractivity contribution in [3.05, 3.63) is 71.9 Å². The van der Waals surface area contributed by atoms with Gasteiger partial charge in [-0.3, -0.25) is 4.79 Å². The first-order chi connectivity index (χ1) is 11.8. The van der Waals surface area contributed by atoms with E-state index in [4.69, 9.17) is 0 Å². The van der Waals surface area contributed by atoms with E-state index in [-0.39, 0.29) is 5.91 Å². The maximum atomic E-state index is 13.1. The van der Waals surface area contributed by atoms with Gasteiger partial charge in [0.05, 0.1) is 0 Å². The van der Waals surface area contributed by atoms with E-state index >= 15 is 0 Å². The molecule has 1 saturated heterocycles. The lowest BCUT2D eigenvalue weighted by Crippen LogP contribution is -2.46. The molecule has 0 radical (unpaired) electrons. The Morgan fingerprint density at radius 1 is 0.958 bits per heavy atom. The Bertz CT molecular complexity index is 848. The fraction of sp³-hybridized carbons (Fsp3) is 0.250. The molecule has 4 nitrogen and oxygen atoms in total. The number of hydrogen-bond donors (Lipinski definition) is 1. The van der Waals surface area contributed by atoms with Crippen LogP contribution < -0.4 is 5.32 Å². The first kappa shape index (κ1) is 15.0. The predicted octanol–water partition coefficient (Wildman–Crippen LogP) is 2.74. The third kappa shape index (κ3) is 2.81. The third-order valence-corrected chi connectivity index (χ3v) is 4.62. The van der Waals surface area contributed by atoms with Gasteiger partial charge in [0.25, 0.3) is 5.91 Å². The van der Waals surface area contributed by atoms with Crippen LogP contribution in [0.2, 0.25) is 0 Å². The smallest absolute Gasteiger partial charge is 0.270 e. The lowest BCUT2D eigenvalue weighted by molar-refractivity contribution is 0.0726. The number of aromatic nitrogens is 1. The van der Waals surface area contributed by atoms with Gasteiger partial charge in [0.1, 0.15) is 5.69 Å². The Morgan fingerprint density at radius 3 is 2.46 bits per heavy atom. The SMILES string of the molecule is O=C(c1cc2ccccc2n1Cc1ccccc1)N1CCNCC1. The molecule has 0 saturated carbocycles. The van der Waals surface area contributed by atoms with Crippen molar-refractivity contribution in [3.63, 3.8) is 0 Å². The second-order valence-corrected chi connectivity index (χ2v) is 6.20. The molecule has 1 N–H and O–H groups in total.